The highest BCUT2D eigenvalue weighted by Crippen LogP contribution is 2.28. The topological polar surface area (TPSA) is 29.3 Å². The minimum Gasteiger partial charge on any atom is -0.342 e. The van der Waals surface area contributed by atoms with E-state index >= 15 is 0 Å². The predicted octanol–water partition coefficient (Wildman–Crippen LogP) is 3.73. The van der Waals surface area contributed by atoms with Gasteiger partial charge in [0.2, 0.25) is 0 Å². The van der Waals surface area contributed by atoms with Crippen molar-refractivity contribution in [1.82, 2.24) is 0 Å². The van der Waals surface area contributed by atoms with E-state index < -0.39 is 0 Å². The van der Waals surface area contributed by atoms with Crippen LogP contribution in [0.25, 0.3) is 0 Å². The zero-order chi connectivity index (χ0) is 13.7. The minimum absolute atomic E-state index is 0.177. The van der Waals surface area contributed by atoms with Crippen LogP contribution in [0.3, 0.4) is 0 Å². The first kappa shape index (κ1) is 13.6. The molecule has 0 aliphatic rings. The van der Waals surface area contributed by atoms with Crippen molar-refractivity contribution in [2.45, 2.75) is 26.3 Å². The lowest BCUT2D eigenvalue weighted by molar-refractivity contribution is 0.736. The molecule has 2 aromatic rings. The van der Waals surface area contributed by atoms with Crippen molar-refractivity contribution in [3.8, 4) is 0 Å². The standard InChI is InChI=1S/C17H22N2/c1-3-19(16-10-5-4-6-11-16)17-12-8-7-9-15(17)13-14(2)18/h4-12,14H,3,13,18H2,1-2H3. The van der Waals surface area contributed by atoms with Gasteiger partial charge in [-0.3, -0.25) is 0 Å². The van der Waals surface area contributed by atoms with E-state index in [9.17, 15) is 0 Å². The molecule has 0 aliphatic heterocycles. The van der Waals surface area contributed by atoms with Gasteiger partial charge in [0, 0.05) is 24.0 Å². The molecule has 0 bridgehead atoms. The van der Waals surface area contributed by atoms with Gasteiger partial charge in [0.05, 0.1) is 0 Å². The highest BCUT2D eigenvalue weighted by molar-refractivity contribution is 5.66. The van der Waals surface area contributed by atoms with Gasteiger partial charge in [-0.05, 0) is 44.0 Å². The molecule has 2 aromatic carbocycles. The van der Waals surface area contributed by atoms with E-state index in [1.165, 1.54) is 16.9 Å². The van der Waals surface area contributed by atoms with E-state index in [2.05, 4.69) is 67.3 Å². The summed E-state index contributed by atoms with van der Waals surface area (Å²) in [6.07, 6.45) is 0.902. The number of rotatable bonds is 5. The quantitative estimate of drug-likeness (QED) is 0.880. The predicted molar refractivity (Wildman–Crippen MR) is 82.9 cm³/mol. The highest BCUT2D eigenvalue weighted by atomic mass is 15.1. The van der Waals surface area contributed by atoms with Crippen LogP contribution in [0.5, 0.6) is 0 Å². The summed E-state index contributed by atoms with van der Waals surface area (Å²) in [4.78, 5) is 2.33. The van der Waals surface area contributed by atoms with Crippen LogP contribution >= 0.6 is 0 Å². The van der Waals surface area contributed by atoms with Gasteiger partial charge in [-0.25, -0.2) is 0 Å². The molecule has 0 saturated heterocycles. The Balaban J connectivity index is 2.38. The summed E-state index contributed by atoms with van der Waals surface area (Å²) in [7, 11) is 0. The van der Waals surface area contributed by atoms with Crippen LogP contribution in [-0.2, 0) is 6.42 Å². The molecule has 1 atom stereocenters. The van der Waals surface area contributed by atoms with Gasteiger partial charge in [-0.2, -0.15) is 0 Å². The molecule has 0 saturated carbocycles. The van der Waals surface area contributed by atoms with Gasteiger partial charge in [0.25, 0.3) is 0 Å². The van der Waals surface area contributed by atoms with E-state index in [-0.39, 0.29) is 6.04 Å². The molecule has 2 rings (SSSR count). The van der Waals surface area contributed by atoms with Gasteiger partial charge in [-0.1, -0.05) is 36.4 Å². The third kappa shape index (κ3) is 3.36. The molecule has 1 unspecified atom stereocenters. The zero-order valence-electron chi connectivity index (χ0n) is 11.7. The maximum atomic E-state index is 5.96. The number of benzene rings is 2. The van der Waals surface area contributed by atoms with Gasteiger partial charge in [0.1, 0.15) is 0 Å². The fourth-order valence-electron chi connectivity index (χ4n) is 2.39. The summed E-state index contributed by atoms with van der Waals surface area (Å²) < 4.78 is 0. The summed E-state index contributed by atoms with van der Waals surface area (Å²) in [5.74, 6) is 0. The maximum Gasteiger partial charge on any atom is 0.0443 e. The number of anilines is 2. The van der Waals surface area contributed by atoms with Crippen molar-refractivity contribution in [1.29, 1.82) is 0 Å². The molecule has 19 heavy (non-hydrogen) atoms. The van der Waals surface area contributed by atoms with Crippen LogP contribution < -0.4 is 10.6 Å². The minimum atomic E-state index is 0.177. The smallest absolute Gasteiger partial charge is 0.0443 e. The molecule has 2 N–H and O–H groups in total. The van der Waals surface area contributed by atoms with Gasteiger partial charge < -0.3 is 10.6 Å². The van der Waals surface area contributed by atoms with Crippen LogP contribution in [0, 0.1) is 0 Å². The fraction of sp³-hybridized carbons (Fsp3) is 0.294. The largest absolute Gasteiger partial charge is 0.342 e. The lowest BCUT2D eigenvalue weighted by atomic mass is 10.0. The second kappa shape index (κ2) is 6.39. The zero-order valence-corrected chi connectivity index (χ0v) is 11.7. The van der Waals surface area contributed by atoms with Crippen molar-refractivity contribution >= 4 is 11.4 Å². The summed E-state index contributed by atoms with van der Waals surface area (Å²) >= 11 is 0. The third-order valence-electron chi connectivity index (χ3n) is 3.21. The first-order chi connectivity index (χ1) is 9.22. The molecule has 0 aliphatic carbocycles. The number of para-hydroxylation sites is 2. The Morgan fingerprint density at radius 2 is 1.63 bits per heavy atom. The van der Waals surface area contributed by atoms with Crippen LogP contribution in [-0.4, -0.2) is 12.6 Å². The lowest BCUT2D eigenvalue weighted by Crippen LogP contribution is -2.22. The Morgan fingerprint density at radius 1 is 1.00 bits per heavy atom. The van der Waals surface area contributed by atoms with Crippen molar-refractivity contribution in [3.63, 3.8) is 0 Å². The number of hydrogen-bond donors (Lipinski definition) is 1. The molecule has 2 heteroatoms. The summed E-state index contributed by atoms with van der Waals surface area (Å²) in [6.45, 7) is 5.17. The SMILES string of the molecule is CCN(c1ccccc1)c1ccccc1CC(C)N. The molecule has 0 fully saturated rings. The van der Waals surface area contributed by atoms with Gasteiger partial charge in [0.15, 0.2) is 0 Å². The first-order valence-corrected chi connectivity index (χ1v) is 6.88. The first-order valence-electron chi connectivity index (χ1n) is 6.88. The Labute approximate surface area is 115 Å². The Kier molecular flexibility index (Phi) is 4.58. The summed E-state index contributed by atoms with van der Waals surface area (Å²) in [5.41, 5.74) is 9.75. The molecule has 0 heterocycles. The molecule has 0 aromatic heterocycles. The van der Waals surface area contributed by atoms with Crippen molar-refractivity contribution in [2.75, 3.05) is 11.4 Å². The molecule has 0 amide bonds. The average Bonchev–Trinajstić information content (AvgIpc) is 2.42. The summed E-state index contributed by atoms with van der Waals surface area (Å²) in [6, 6.07) is 19.2. The van der Waals surface area contributed by atoms with Crippen molar-refractivity contribution in [2.24, 2.45) is 5.73 Å². The molecule has 0 spiro atoms. The van der Waals surface area contributed by atoms with Crippen molar-refractivity contribution in [3.05, 3.63) is 60.2 Å². The van der Waals surface area contributed by atoms with E-state index in [0.29, 0.717) is 0 Å². The Morgan fingerprint density at radius 3 is 2.26 bits per heavy atom. The van der Waals surface area contributed by atoms with Crippen LogP contribution in [0.1, 0.15) is 19.4 Å². The molecular formula is C17H22N2. The number of nitrogens with zero attached hydrogens (tertiary/aromatic N) is 1. The highest BCUT2D eigenvalue weighted by Gasteiger charge is 2.11. The number of hydrogen-bond acceptors (Lipinski definition) is 2. The van der Waals surface area contributed by atoms with Crippen LogP contribution in [0.4, 0.5) is 11.4 Å². The molecule has 0 radical (unpaired) electrons. The van der Waals surface area contributed by atoms with Crippen LogP contribution in [0.15, 0.2) is 54.6 Å². The molecular weight excluding hydrogens is 232 g/mol. The molecule has 2 nitrogen and oxygen atoms in total. The average molecular weight is 254 g/mol. The normalized spacial score (nSPS) is 12.2. The third-order valence-corrected chi connectivity index (χ3v) is 3.21. The van der Waals surface area contributed by atoms with E-state index in [0.717, 1.165) is 13.0 Å². The Bertz CT molecular complexity index is 506. The second-order valence-electron chi connectivity index (χ2n) is 4.89. The second-order valence-corrected chi connectivity index (χ2v) is 4.89. The van der Waals surface area contributed by atoms with E-state index in [1.54, 1.807) is 0 Å². The van der Waals surface area contributed by atoms with Crippen molar-refractivity contribution < 1.29 is 0 Å². The Hall–Kier alpha value is -1.80. The summed E-state index contributed by atoms with van der Waals surface area (Å²) in [5, 5.41) is 0. The van der Waals surface area contributed by atoms with Gasteiger partial charge in [-0.15, -0.1) is 0 Å². The van der Waals surface area contributed by atoms with E-state index in [4.69, 9.17) is 5.73 Å². The van der Waals surface area contributed by atoms with Crippen LogP contribution in [0.2, 0.25) is 0 Å². The monoisotopic (exact) mass is 254 g/mol. The number of nitrogens with two attached hydrogens (primary N) is 1. The molecule has 100 valence electrons. The fourth-order valence-corrected chi connectivity index (χ4v) is 2.39. The lowest BCUT2D eigenvalue weighted by Gasteiger charge is -2.26. The van der Waals surface area contributed by atoms with E-state index in [1.807, 2.05) is 6.07 Å². The van der Waals surface area contributed by atoms with Gasteiger partial charge >= 0.3 is 0 Å². The maximum absolute atomic E-state index is 5.96.